The number of thioether (sulfide) groups is 1. The second-order valence-corrected chi connectivity index (χ2v) is 3.73. The van der Waals surface area contributed by atoms with E-state index in [1.807, 2.05) is 11.7 Å². The van der Waals surface area contributed by atoms with Crippen molar-refractivity contribution in [3.05, 3.63) is 11.8 Å². The van der Waals surface area contributed by atoms with Gasteiger partial charge in [-0.05, 0) is 25.2 Å². The van der Waals surface area contributed by atoms with Gasteiger partial charge in [0.25, 0.3) is 0 Å². The molecule has 82 valence electrons. The maximum absolute atomic E-state index is 4.41. The first kappa shape index (κ1) is 22.2. The van der Waals surface area contributed by atoms with E-state index in [0.29, 0.717) is 0 Å². The molecule has 0 amide bonds. The van der Waals surface area contributed by atoms with Crippen LogP contribution in [-0.4, -0.2) is 87.8 Å². The van der Waals surface area contributed by atoms with Gasteiger partial charge in [-0.3, -0.25) is 4.68 Å². The Kier molecular flexibility index (Phi) is 18.3. The van der Waals surface area contributed by atoms with Crippen molar-refractivity contribution in [3.63, 3.8) is 0 Å². The molecular formula is C9H18N2SSn3. The van der Waals surface area contributed by atoms with E-state index in [0.717, 1.165) is 6.42 Å². The fourth-order valence-electron chi connectivity index (χ4n) is 1.18. The van der Waals surface area contributed by atoms with Gasteiger partial charge >= 0.3 is 47.8 Å². The molecule has 15 heavy (non-hydrogen) atoms. The van der Waals surface area contributed by atoms with Crippen LogP contribution in [0.5, 0.6) is 0 Å². The van der Waals surface area contributed by atoms with Crippen LogP contribution in [0.2, 0.25) is 0 Å². The number of aryl methyl sites for hydroxylation is 2. The molecule has 0 aliphatic heterocycles. The third-order valence-electron chi connectivity index (χ3n) is 1.88. The van der Waals surface area contributed by atoms with E-state index >= 15 is 0 Å². The maximum atomic E-state index is 4.41. The Morgan fingerprint density at radius 1 is 1.40 bits per heavy atom. The van der Waals surface area contributed by atoms with E-state index in [1.165, 1.54) is 23.6 Å². The largest absolute Gasteiger partial charge is 0 e. The van der Waals surface area contributed by atoms with Gasteiger partial charge in [-0.25, -0.2) is 0 Å². The fraction of sp³-hybridized carbons (Fsp3) is 0.667. The summed E-state index contributed by atoms with van der Waals surface area (Å²) in [6, 6.07) is 2.18. The normalized spacial score (nSPS) is 8.47. The quantitative estimate of drug-likeness (QED) is 0.414. The average Bonchev–Trinajstić information content (AvgIpc) is 2.43. The predicted molar refractivity (Wildman–Crippen MR) is 73.7 cm³/mol. The Balaban J connectivity index is -0.000000480. The van der Waals surface area contributed by atoms with Crippen molar-refractivity contribution in [1.29, 1.82) is 0 Å². The molecule has 0 atom stereocenters. The molecule has 0 spiro atoms. The standard InChI is InChI=1S/C9H16N2S.3Sn.2H/c1-4-5-6-8-7-9(12-3)11(2)10-8;;;;;/h7H,4-6H2,1-3H3;;;;;. The van der Waals surface area contributed by atoms with Crippen molar-refractivity contribution in [2.45, 2.75) is 31.2 Å². The first-order chi connectivity index (χ1) is 5.77. The number of unbranched alkanes of at least 4 members (excludes halogenated alkanes) is 1. The minimum absolute atomic E-state index is 0. The zero-order chi connectivity index (χ0) is 8.97. The molecule has 1 heterocycles. The molecule has 0 unspecified atom stereocenters. The van der Waals surface area contributed by atoms with Gasteiger partial charge in [0.05, 0.1) is 10.7 Å². The summed E-state index contributed by atoms with van der Waals surface area (Å²) in [6.45, 7) is 2.21. The molecule has 10 radical (unpaired) electrons. The zero-order valence-corrected chi connectivity index (χ0v) is 19.9. The van der Waals surface area contributed by atoms with Crippen molar-refractivity contribution in [3.8, 4) is 0 Å². The van der Waals surface area contributed by atoms with Crippen LogP contribution in [0.15, 0.2) is 11.1 Å². The monoisotopic (exact) mass is 546 g/mol. The van der Waals surface area contributed by atoms with Crippen molar-refractivity contribution in [2.24, 2.45) is 7.05 Å². The van der Waals surface area contributed by atoms with Gasteiger partial charge in [0, 0.05) is 31.0 Å². The topological polar surface area (TPSA) is 17.8 Å². The molecule has 0 bridgehead atoms. The first-order valence-electron chi connectivity index (χ1n) is 4.34. The van der Waals surface area contributed by atoms with E-state index in [4.69, 9.17) is 0 Å². The Hall–Kier alpha value is 1.96. The summed E-state index contributed by atoms with van der Waals surface area (Å²) in [5.74, 6) is 0. The Morgan fingerprint density at radius 3 is 2.40 bits per heavy atom. The number of aromatic nitrogens is 2. The molecule has 0 saturated carbocycles. The molecule has 0 aliphatic rings. The van der Waals surface area contributed by atoms with Gasteiger partial charge < -0.3 is 0 Å². The third-order valence-corrected chi connectivity index (χ3v) is 2.68. The molecule has 0 saturated heterocycles. The molecule has 0 N–H and O–H groups in total. The van der Waals surface area contributed by atoms with Crippen LogP contribution in [0.4, 0.5) is 0 Å². The summed E-state index contributed by atoms with van der Waals surface area (Å²) >= 11 is 1.75. The summed E-state index contributed by atoms with van der Waals surface area (Å²) in [4.78, 5) is 0. The average molecular weight is 542 g/mol. The van der Waals surface area contributed by atoms with Crippen LogP contribution >= 0.6 is 11.8 Å². The van der Waals surface area contributed by atoms with Crippen molar-refractivity contribution in [2.75, 3.05) is 6.26 Å². The van der Waals surface area contributed by atoms with Crippen LogP contribution in [-0.2, 0) is 13.5 Å². The molecule has 1 aromatic heterocycles. The summed E-state index contributed by atoms with van der Waals surface area (Å²) in [6.07, 6.45) is 5.68. The Bertz CT molecular complexity index is 254. The number of hydrogen-bond donors (Lipinski definition) is 0. The number of nitrogens with zero attached hydrogens (tertiary/aromatic N) is 2. The molecule has 0 fully saturated rings. The van der Waals surface area contributed by atoms with E-state index < -0.39 is 0 Å². The van der Waals surface area contributed by atoms with Crippen molar-refractivity contribution < 1.29 is 0 Å². The van der Waals surface area contributed by atoms with Crippen molar-refractivity contribution in [1.82, 2.24) is 9.78 Å². The van der Waals surface area contributed by atoms with Gasteiger partial charge in [-0.2, -0.15) is 5.10 Å². The fourth-order valence-corrected chi connectivity index (χ4v) is 1.74. The number of rotatable bonds is 4. The molecular weight excluding hydrogens is 524 g/mol. The predicted octanol–water partition coefficient (Wildman–Crippen LogP) is 0.807. The van der Waals surface area contributed by atoms with E-state index in [1.54, 1.807) is 11.8 Å². The third kappa shape index (κ3) is 7.80. The molecule has 2 nitrogen and oxygen atoms in total. The Labute approximate surface area is 148 Å². The Morgan fingerprint density at radius 2 is 2.00 bits per heavy atom. The molecule has 0 aromatic carbocycles. The van der Waals surface area contributed by atoms with E-state index in [-0.39, 0.29) is 71.7 Å². The van der Waals surface area contributed by atoms with Crippen molar-refractivity contribution >= 4 is 83.5 Å². The van der Waals surface area contributed by atoms with Gasteiger partial charge in [0.2, 0.25) is 0 Å². The summed E-state index contributed by atoms with van der Waals surface area (Å²) in [5, 5.41) is 5.67. The second-order valence-electron chi connectivity index (χ2n) is 2.91. The summed E-state index contributed by atoms with van der Waals surface area (Å²) in [7, 11) is 2.00. The van der Waals surface area contributed by atoms with Crippen LogP contribution in [0, 0.1) is 0 Å². The van der Waals surface area contributed by atoms with Crippen LogP contribution < -0.4 is 0 Å². The van der Waals surface area contributed by atoms with Crippen LogP contribution in [0.1, 0.15) is 25.5 Å². The zero-order valence-electron chi connectivity index (χ0n) is 9.66. The smallest absolute Gasteiger partial charge is 0 e. The molecule has 6 heteroatoms. The van der Waals surface area contributed by atoms with E-state index in [2.05, 4.69) is 24.3 Å². The van der Waals surface area contributed by atoms with Crippen LogP contribution in [0.3, 0.4) is 0 Å². The van der Waals surface area contributed by atoms with Gasteiger partial charge in [0.15, 0.2) is 0 Å². The minimum Gasteiger partial charge on any atom is 0 e. The SMILES string of the molecule is CCCCc1cc(SC)n(C)n1.[SnH].[SnH].[Sn]. The first-order valence-corrected chi connectivity index (χ1v) is 5.57. The molecule has 1 aromatic rings. The van der Waals surface area contributed by atoms with Gasteiger partial charge in [0.1, 0.15) is 0 Å². The maximum Gasteiger partial charge on any atom is 0 e. The number of hydrogen-bond acceptors (Lipinski definition) is 2. The van der Waals surface area contributed by atoms with Gasteiger partial charge in [-0.1, -0.05) is 13.3 Å². The van der Waals surface area contributed by atoms with Gasteiger partial charge in [-0.15, -0.1) is 11.8 Å². The molecule has 0 aliphatic carbocycles. The minimum atomic E-state index is 0. The summed E-state index contributed by atoms with van der Waals surface area (Å²) < 4.78 is 1.95. The van der Waals surface area contributed by atoms with E-state index in [9.17, 15) is 0 Å². The van der Waals surface area contributed by atoms with Crippen LogP contribution in [0.25, 0.3) is 0 Å². The summed E-state index contributed by atoms with van der Waals surface area (Å²) in [5.41, 5.74) is 1.23. The second kappa shape index (κ2) is 12.4. The molecule has 1 rings (SSSR count).